The van der Waals surface area contributed by atoms with Gasteiger partial charge in [-0.25, -0.2) is 0 Å². The third-order valence-corrected chi connectivity index (χ3v) is 5.94. The Morgan fingerprint density at radius 3 is 2.70 bits per heavy atom. The molecular formula is C23H24BrNO5. The normalized spacial score (nSPS) is 16.4. The van der Waals surface area contributed by atoms with Crippen molar-refractivity contribution in [2.75, 3.05) is 19.9 Å². The van der Waals surface area contributed by atoms with Crippen molar-refractivity contribution in [1.82, 2.24) is 4.90 Å². The van der Waals surface area contributed by atoms with Crippen LogP contribution < -0.4 is 9.47 Å². The minimum atomic E-state index is -0.191. The van der Waals surface area contributed by atoms with Gasteiger partial charge in [-0.1, -0.05) is 29.8 Å². The number of carbonyl (C=O) groups is 1. The van der Waals surface area contributed by atoms with Crippen molar-refractivity contribution in [2.24, 2.45) is 0 Å². The van der Waals surface area contributed by atoms with Crippen LogP contribution in [0.3, 0.4) is 0 Å². The molecule has 30 heavy (non-hydrogen) atoms. The monoisotopic (exact) mass is 473 g/mol. The van der Waals surface area contributed by atoms with E-state index >= 15 is 0 Å². The number of Topliss-reactive ketones (excluding diaryl/α,β-unsaturated/α-hetero) is 1. The number of nitrogens with zero attached hydrogens (tertiary/aromatic N) is 1. The molecule has 0 aromatic heterocycles. The zero-order valence-electron chi connectivity index (χ0n) is 17.3. The number of carbonyl (C=O) groups excluding carboxylic acids is 1. The Hall–Kier alpha value is -2.35. The first-order valence-corrected chi connectivity index (χ1v) is 10.8. The zero-order valence-corrected chi connectivity index (χ0v) is 18.8. The Bertz CT molecular complexity index is 1040. The van der Waals surface area contributed by atoms with Gasteiger partial charge in [0.15, 0.2) is 12.6 Å². The van der Waals surface area contributed by atoms with Crippen LogP contribution in [0.15, 0.2) is 28.4 Å². The Labute approximate surface area is 184 Å². The fraction of sp³-hybridized carbons (Fsp3) is 0.348. The van der Waals surface area contributed by atoms with E-state index in [1.165, 1.54) is 0 Å². The summed E-state index contributed by atoms with van der Waals surface area (Å²) >= 11 is 3.51. The number of fused-ring (bicyclic) bond motifs is 2. The van der Waals surface area contributed by atoms with Crippen LogP contribution in [0.25, 0.3) is 6.08 Å². The lowest BCUT2D eigenvalue weighted by Crippen LogP contribution is -2.22. The van der Waals surface area contributed by atoms with Crippen molar-refractivity contribution in [2.45, 2.75) is 33.9 Å². The second kappa shape index (κ2) is 8.41. The maximum absolute atomic E-state index is 13.2. The van der Waals surface area contributed by atoms with Crippen LogP contribution in [0.4, 0.5) is 0 Å². The maximum atomic E-state index is 13.2. The summed E-state index contributed by atoms with van der Waals surface area (Å²) in [5.74, 6) is 1.31. The van der Waals surface area contributed by atoms with E-state index in [0.29, 0.717) is 41.3 Å². The van der Waals surface area contributed by atoms with Gasteiger partial charge < -0.3 is 19.3 Å². The van der Waals surface area contributed by atoms with Crippen molar-refractivity contribution in [3.05, 3.63) is 56.2 Å². The topological polar surface area (TPSA) is 68.2 Å². The average Bonchev–Trinajstić information content (AvgIpc) is 3.04. The molecule has 0 saturated carbocycles. The molecule has 2 heterocycles. The molecule has 0 aliphatic carbocycles. The second-order valence-electron chi connectivity index (χ2n) is 7.39. The Morgan fingerprint density at radius 1 is 1.20 bits per heavy atom. The lowest BCUT2D eigenvalue weighted by atomic mass is 9.99. The van der Waals surface area contributed by atoms with E-state index < -0.39 is 0 Å². The number of aromatic hydroxyl groups is 1. The van der Waals surface area contributed by atoms with Crippen LogP contribution in [0, 0.1) is 6.92 Å². The number of halogens is 1. The third kappa shape index (κ3) is 3.73. The molecule has 7 heteroatoms. The van der Waals surface area contributed by atoms with Crippen molar-refractivity contribution in [3.63, 3.8) is 0 Å². The smallest absolute Gasteiger partial charge is 0.232 e. The summed E-state index contributed by atoms with van der Waals surface area (Å²) in [4.78, 5) is 15.4. The number of ketones is 1. The van der Waals surface area contributed by atoms with Crippen LogP contribution in [-0.2, 0) is 17.9 Å². The van der Waals surface area contributed by atoms with Crippen LogP contribution in [0.5, 0.6) is 17.2 Å². The molecule has 0 fully saturated rings. The fourth-order valence-corrected chi connectivity index (χ4v) is 4.38. The molecular weight excluding hydrogens is 450 g/mol. The highest BCUT2D eigenvalue weighted by Gasteiger charge is 2.34. The van der Waals surface area contributed by atoms with Crippen molar-refractivity contribution >= 4 is 27.8 Å². The molecule has 0 saturated heterocycles. The number of hydrogen-bond donors (Lipinski definition) is 1. The molecule has 0 spiro atoms. The van der Waals surface area contributed by atoms with E-state index in [4.69, 9.17) is 14.2 Å². The quantitative estimate of drug-likeness (QED) is 0.629. The summed E-state index contributed by atoms with van der Waals surface area (Å²) < 4.78 is 18.0. The zero-order chi connectivity index (χ0) is 21.4. The molecule has 4 rings (SSSR count). The van der Waals surface area contributed by atoms with Crippen LogP contribution in [-0.4, -0.2) is 35.7 Å². The molecule has 0 amide bonds. The lowest BCUT2D eigenvalue weighted by molar-refractivity contribution is -0.0165. The molecule has 2 aromatic carbocycles. The SMILES string of the molecule is CCN(CC)Cc1c(O)cc(C)c2c1O/C(=C\c1cc(Br)cc3c1OCOC3)C2=O. The summed E-state index contributed by atoms with van der Waals surface area (Å²) in [6.45, 7) is 8.72. The van der Waals surface area contributed by atoms with Gasteiger partial charge in [0.25, 0.3) is 0 Å². The molecule has 0 atom stereocenters. The van der Waals surface area contributed by atoms with Gasteiger partial charge in [-0.05, 0) is 49.9 Å². The second-order valence-corrected chi connectivity index (χ2v) is 8.31. The van der Waals surface area contributed by atoms with Crippen molar-refractivity contribution in [1.29, 1.82) is 0 Å². The fourth-order valence-electron chi connectivity index (χ4n) is 3.86. The number of benzene rings is 2. The van der Waals surface area contributed by atoms with E-state index in [9.17, 15) is 9.90 Å². The molecule has 0 unspecified atom stereocenters. The number of phenolic OH excluding ortho intramolecular Hbond substituents is 1. The molecule has 2 aromatic rings. The first kappa shape index (κ1) is 20.9. The highest BCUT2D eigenvalue weighted by Crippen LogP contribution is 2.43. The summed E-state index contributed by atoms with van der Waals surface area (Å²) in [6.07, 6.45) is 1.70. The number of ether oxygens (including phenoxy) is 3. The Morgan fingerprint density at radius 2 is 1.97 bits per heavy atom. The van der Waals surface area contributed by atoms with Gasteiger partial charge in [-0.3, -0.25) is 9.69 Å². The van der Waals surface area contributed by atoms with Crippen molar-refractivity contribution < 1.29 is 24.1 Å². The van der Waals surface area contributed by atoms with Gasteiger partial charge in [0.05, 0.1) is 17.7 Å². The summed E-state index contributed by atoms with van der Waals surface area (Å²) in [5, 5.41) is 10.6. The van der Waals surface area contributed by atoms with Gasteiger partial charge >= 0.3 is 0 Å². The molecule has 2 aliphatic rings. The molecule has 158 valence electrons. The number of allylic oxidation sites excluding steroid dienone is 1. The molecule has 0 bridgehead atoms. The molecule has 6 nitrogen and oxygen atoms in total. The first-order chi connectivity index (χ1) is 14.4. The van der Waals surface area contributed by atoms with Gasteiger partial charge in [0.2, 0.25) is 5.78 Å². The van der Waals surface area contributed by atoms with Crippen LogP contribution in [0.1, 0.15) is 46.5 Å². The van der Waals surface area contributed by atoms with Crippen molar-refractivity contribution in [3.8, 4) is 17.2 Å². The molecule has 2 aliphatic heterocycles. The van der Waals surface area contributed by atoms with Gasteiger partial charge in [0, 0.05) is 22.1 Å². The van der Waals surface area contributed by atoms with Gasteiger partial charge in [-0.2, -0.15) is 0 Å². The predicted molar refractivity (Wildman–Crippen MR) is 117 cm³/mol. The summed E-state index contributed by atoms with van der Waals surface area (Å²) in [6, 6.07) is 5.47. The van der Waals surface area contributed by atoms with E-state index in [1.807, 2.05) is 19.1 Å². The third-order valence-electron chi connectivity index (χ3n) is 5.49. The largest absolute Gasteiger partial charge is 0.507 e. The number of phenols is 1. The summed E-state index contributed by atoms with van der Waals surface area (Å²) in [7, 11) is 0. The summed E-state index contributed by atoms with van der Waals surface area (Å²) in [5.41, 5.74) is 3.49. The Kier molecular flexibility index (Phi) is 5.86. The predicted octanol–water partition coefficient (Wildman–Crippen LogP) is 4.79. The van der Waals surface area contributed by atoms with E-state index in [0.717, 1.165) is 28.7 Å². The highest BCUT2D eigenvalue weighted by atomic mass is 79.9. The number of rotatable bonds is 5. The molecule has 1 N–H and O–H groups in total. The lowest BCUT2D eigenvalue weighted by Gasteiger charge is -2.21. The van der Waals surface area contributed by atoms with E-state index in [2.05, 4.69) is 34.7 Å². The number of hydrogen-bond acceptors (Lipinski definition) is 6. The minimum Gasteiger partial charge on any atom is -0.507 e. The maximum Gasteiger partial charge on any atom is 0.232 e. The molecule has 0 radical (unpaired) electrons. The average molecular weight is 474 g/mol. The minimum absolute atomic E-state index is 0.146. The van der Waals surface area contributed by atoms with E-state index in [1.54, 1.807) is 12.1 Å². The van der Waals surface area contributed by atoms with E-state index in [-0.39, 0.29) is 24.1 Å². The standard InChI is InChI=1S/C23H24BrNO5/c1-4-25(5-2)10-17-18(26)6-13(3)20-21(27)19(30-23(17)20)9-14-7-16(24)8-15-11-28-12-29-22(14)15/h6-9,26H,4-5,10-12H2,1-3H3/b19-9-. The van der Waals surface area contributed by atoms with Gasteiger partial charge in [-0.15, -0.1) is 0 Å². The Balaban J connectivity index is 1.78. The highest BCUT2D eigenvalue weighted by molar-refractivity contribution is 9.10. The van der Waals surface area contributed by atoms with Gasteiger partial charge in [0.1, 0.15) is 17.2 Å². The first-order valence-electron chi connectivity index (χ1n) is 9.97. The van der Waals surface area contributed by atoms with Crippen LogP contribution >= 0.6 is 15.9 Å². The van der Waals surface area contributed by atoms with Crippen LogP contribution in [0.2, 0.25) is 0 Å². The number of aryl methyl sites for hydroxylation is 1.